The molecule has 152 valence electrons. The summed E-state index contributed by atoms with van der Waals surface area (Å²) in [4.78, 5) is 28.2. The zero-order valence-corrected chi connectivity index (χ0v) is 17.1. The van der Waals surface area contributed by atoms with Crippen LogP contribution in [0.25, 0.3) is 0 Å². The molecule has 2 amide bonds. The van der Waals surface area contributed by atoms with Crippen molar-refractivity contribution >= 4 is 17.5 Å². The van der Waals surface area contributed by atoms with Crippen LogP contribution >= 0.6 is 0 Å². The Bertz CT molecular complexity index is 907. The Morgan fingerprint density at radius 2 is 1.79 bits per heavy atom. The molecule has 0 unspecified atom stereocenters. The Morgan fingerprint density at radius 3 is 2.48 bits per heavy atom. The molecule has 2 aliphatic rings. The quantitative estimate of drug-likeness (QED) is 0.751. The first-order valence-corrected chi connectivity index (χ1v) is 10.2. The molecule has 1 aliphatic heterocycles. The standard InChI is InChI=1S/C24H28N2O3/c1-26-20-11-7-6-10-19(20)24(22(26)28,14-18-8-4-3-5-9-18)15-21(27)25-16-23(12-13-23)17-29-2/h3-11H,12-17H2,1-2H3,(H,25,27)/t24-/m1/s1. The largest absolute Gasteiger partial charge is 0.384 e. The van der Waals surface area contributed by atoms with E-state index in [4.69, 9.17) is 4.74 Å². The highest BCUT2D eigenvalue weighted by molar-refractivity contribution is 6.09. The molecule has 0 aromatic heterocycles. The number of fused-ring (bicyclic) bond motifs is 1. The normalized spacial score (nSPS) is 21.7. The van der Waals surface area contributed by atoms with Crippen molar-refractivity contribution in [2.45, 2.75) is 31.1 Å². The number of amides is 2. The first-order chi connectivity index (χ1) is 14.0. The van der Waals surface area contributed by atoms with E-state index in [1.807, 2.05) is 54.6 Å². The maximum Gasteiger partial charge on any atom is 0.238 e. The summed E-state index contributed by atoms with van der Waals surface area (Å²) in [5.41, 5.74) is 2.07. The van der Waals surface area contributed by atoms with Crippen LogP contribution in [-0.4, -0.2) is 39.1 Å². The lowest BCUT2D eigenvalue weighted by atomic mass is 9.73. The topological polar surface area (TPSA) is 58.6 Å². The number of rotatable bonds is 8. The molecule has 1 saturated carbocycles. The zero-order chi connectivity index (χ0) is 20.5. The van der Waals surface area contributed by atoms with Crippen molar-refractivity contribution in [3.63, 3.8) is 0 Å². The predicted molar refractivity (Wildman–Crippen MR) is 113 cm³/mol. The van der Waals surface area contributed by atoms with E-state index in [-0.39, 0.29) is 23.7 Å². The highest BCUT2D eigenvalue weighted by Crippen LogP contribution is 2.47. The number of hydrogen-bond acceptors (Lipinski definition) is 3. The molecule has 1 heterocycles. The van der Waals surface area contributed by atoms with E-state index in [1.165, 1.54) is 0 Å². The number of methoxy groups -OCH3 is 1. The van der Waals surface area contributed by atoms with Crippen LogP contribution in [0.5, 0.6) is 0 Å². The number of hydrogen-bond donors (Lipinski definition) is 1. The number of anilines is 1. The molecule has 5 nitrogen and oxygen atoms in total. The van der Waals surface area contributed by atoms with Crippen molar-refractivity contribution in [3.05, 3.63) is 65.7 Å². The van der Waals surface area contributed by atoms with Crippen molar-refractivity contribution < 1.29 is 14.3 Å². The smallest absolute Gasteiger partial charge is 0.238 e. The Kier molecular flexibility index (Phi) is 5.17. The summed E-state index contributed by atoms with van der Waals surface area (Å²) >= 11 is 0. The van der Waals surface area contributed by atoms with Gasteiger partial charge in [-0.2, -0.15) is 0 Å². The average Bonchev–Trinajstić information content (AvgIpc) is 3.48. The molecule has 0 bridgehead atoms. The minimum atomic E-state index is -0.880. The van der Waals surface area contributed by atoms with Gasteiger partial charge in [0.1, 0.15) is 0 Å². The van der Waals surface area contributed by atoms with Crippen molar-refractivity contribution in [2.24, 2.45) is 5.41 Å². The van der Waals surface area contributed by atoms with Crippen LogP contribution in [-0.2, 0) is 26.2 Å². The van der Waals surface area contributed by atoms with Gasteiger partial charge in [-0.05, 0) is 36.5 Å². The van der Waals surface area contributed by atoms with Crippen molar-refractivity contribution in [3.8, 4) is 0 Å². The molecule has 0 spiro atoms. The molecule has 1 N–H and O–H groups in total. The molecular formula is C24H28N2O3. The predicted octanol–water partition coefficient (Wildman–Crippen LogP) is 3.08. The average molecular weight is 392 g/mol. The molecule has 1 fully saturated rings. The van der Waals surface area contributed by atoms with E-state index in [2.05, 4.69) is 5.32 Å². The highest BCUT2D eigenvalue weighted by Gasteiger charge is 2.51. The molecule has 0 radical (unpaired) electrons. The van der Waals surface area contributed by atoms with Gasteiger partial charge >= 0.3 is 0 Å². The maximum atomic E-state index is 13.5. The second kappa shape index (κ2) is 7.64. The van der Waals surface area contributed by atoms with E-state index in [0.29, 0.717) is 19.6 Å². The SMILES string of the molecule is COCC1(CNC(=O)C[C@@]2(Cc3ccccc3)C(=O)N(C)c3ccccc32)CC1. The zero-order valence-electron chi connectivity index (χ0n) is 17.1. The van der Waals surface area contributed by atoms with E-state index < -0.39 is 5.41 Å². The van der Waals surface area contributed by atoms with Gasteiger partial charge < -0.3 is 15.0 Å². The van der Waals surface area contributed by atoms with E-state index >= 15 is 0 Å². The number of para-hydroxylation sites is 1. The van der Waals surface area contributed by atoms with Crippen LogP contribution < -0.4 is 10.2 Å². The van der Waals surface area contributed by atoms with Gasteiger partial charge in [0.25, 0.3) is 0 Å². The van der Waals surface area contributed by atoms with Gasteiger partial charge in [0.2, 0.25) is 11.8 Å². The number of nitrogens with one attached hydrogen (secondary N) is 1. The van der Waals surface area contributed by atoms with Gasteiger partial charge in [0, 0.05) is 38.2 Å². The maximum absolute atomic E-state index is 13.5. The summed E-state index contributed by atoms with van der Waals surface area (Å²) in [5, 5.41) is 3.08. The molecule has 4 rings (SSSR count). The van der Waals surface area contributed by atoms with E-state index in [0.717, 1.165) is 29.7 Å². The third-order valence-electron chi connectivity index (χ3n) is 6.37. The van der Waals surface area contributed by atoms with Crippen LogP contribution in [0.15, 0.2) is 54.6 Å². The van der Waals surface area contributed by atoms with Crippen LogP contribution in [0, 0.1) is 5.41 Å². The van der Waals surface area contributed by atoms with Crippen LogP contribution in [0.4, 0.5) is 5.69 Å². The van der Waals surface area contributed by atoms with Crippen molar-refractivity contribution in [1.29, 1.82) is 0 Å². The van der Waals surface area contributed by atoms with Crippen molar-refractivity contribution in [1.82, 2.24) is 5.32 Å². The van der Waals surface area contributed by atoms with Gasteiger partial charge in [0.05, 0.1) is 12.0 Å². The Hall–Kier alpha value is -2.66. The number of ether oxygens (including phenoxy) is 1. The summed E-state index contributed by atoms with van der Waals surface area (Å²) in [6.07, 6.45) is 2.79. The van der Waals surface area contributed by atoms with E-state index in [1.54, 1.807) is 19.1 Å². The molecule has 5 heteroatoms. The second-order valence-electron chi connectivity index (χ2n) is 8.51. The first-order valence-electron chi connectivity index (χ1n) is 10.2. The molecule has 2 aromatic carbocycles. The van der Waals surface area contributed by atoms with Gasteiger partial charge in [-0.1, -0.05) is 48.5 Å². The van der Waals surface area contributed by atoms with E-state index in [9.17, 15) is 9.59 Å². The van der Waals surface area contributed by atoms with Crippen LogP contribution in [0.2, 0.25) is 0 Å². The number of carbonyl (C=O) groups is 2. The third-order valence-corrected chi connectivity index (χ3v) is 6.37. The van der Waals surface area contributed by atoms with Crippen molar-refractivity contribution in [2.75, 3.05) is 32.2 Å². The molecule has 1 aliphatic carbocycles. The lowest BCUT2D eigenvalue weighted by Crippen LogP contribution is -2.45. The minimum absolute atomic E-state index is 0.0178. The summed E-state index contributed by atoms with van der Waals surface area (Å²) in [7, 11) is 3.49. The van der Waals surface area contributed by atoms with Crippen LogP contribution in [0.3, 0.4) is 0 Å². The first kappa shape index (κ1) is 19.6. The molecule has 2 aromatic rings. The van der Waals surface area contributed by atoms with Gasteiger partial charge in [0.15, 0.2) is 0 Å². The van der Waals surface area contributed by atoms with Crippen LogP contribution in [0.1, 0.15) is 30.4 Å². The summed E-state index contributed by atoms with van der Waals surface area (Å²) in [6, 6.07) is 17.8. The van der Waals surface area contributed by atoms with Gasteiger partial charge in [-0.25, -0.2) is 0 Å². The number of carbonyl (C=O) groups excluding carboxylic acids is 2. The lowest BCUT2D eigenvalue weighted by molar-refractivity contribution is -0.129. The summed E-state index contributed by atoms with van der Waals surface area (Å²) in [5.74, 6) is -0.0995. The fourth-order valence-electron chi connectivity index (χ4n) is 4.54. The molecule has 0 saturated heterocycles. The minimum Gasteiger partial charge on any atom is -0.384 e. The Morgan fingerprint density at radius 1 is 1.10 bits per heavy atom. The Labute approximate surface area is 172 Å². The van der Waals surface area contributed by atoms with Gasteiger partial charge in [-0.15, -0.1) is 0 Å². The molecular weight excluding hydrogens is 364 g/mol. The second-order valence-corrected chi connectivity index (χ2v) is 8.51. The summed E-state index contributed by atoms with van der Waals surface area (Å²) < 4.78 is 5.30. The fourth-order valence-corrected chi connectivity index (χ4v) is 4.54. The molecule has 1 atom stereocenters. The number of likely N-dealkylation sites (N-methyl/N-ethyl adjacent to an activating group) is 1. The highest BCUT2D eigenvalue weighted by atomic mass is 16.5. The Balaban J connectivity index is 1.61. The third kappa shape index (κ3) is 3.67. The summed E-state index contributed by atoms with van der Waals surface area (Å²) in [6.45, 7) is 1.26. The number of nitrogens with zero attached hydrogens (tertiary/aromatic N) is 1. The molecule has 29 heavy (non-hydrogen) atoms. The fraction of sp³-hybridized carbons (Fsp3) is 0.417. The monoisotopic (exact) mass is 392 g/mol. The van der Waals surface area contributed by atoms with Gasteiger partial charge in [-0.3, -0.25) is 9.59 Å². The number of benzene rings is 2. The lowest BCUT2D eigenvalue weighted by Gasteiger charge is -2.28.